The van der Waals surface area contributed by atoms with Crippen LogP contribution in [0.3, 0.4) is 0 Å². The van der Waals surface area contributed by atoms with Crippen molar-refractivity contribution in [1.29, 1.82) is 0 Å². The smallest absolute Gasteiger partial charge is 0.227 e. The zero-order valence-corrected chi connectivity index (χ0v) is 8.64. The number of carbonyl (C=O) groups excluding carboxylic acids is 1. The van der Waals surface area contributed by atoms with Crippen molar-refractivity contribution in [3.05, 3.63) is 0 Å². The third-order valence-electron chi connectivity index (χ3n) is 3.84. The molecule has 0 radical (unpaired) electrons. The van der Waals surface area contributed by atoms with Gasteiger partial charge in [0.2, 0.25) is 5.24 Å². The van der Waals surface area contributed by atoms with E-state index in [4.69, 9.17) is 16.3 Å². The molecule has 0 aromatic rings. The van der Waals surface area contributed by atoms with Crippen LogP contribution in [0.15, 0.2) is 0 Å². The van der Waals surface area contributed by atoms with Crippen LogP contribution in [0.25, 0.3) is 0 Å². The Morgan fingerprint density at radius 3 is 2.46 bits per heavy atom. The van der Waals surface area contributed by atoms with Gasteiger partial charge in [-0.2, -0.15) is 0 Å². The molecule has 0 heterocycles. The van der Waals surface area contributed by atoms with E-state index in [2.05, 4.69) is 0 Å². The van der Waals surface area contributed by atoms with Crippen LogP contribution < -0.4 is 0 Å². The molecule has 3 aliphatic rings. The molecule has 0 saturated heterocycles. The summed E-state index contributed by atoms with van der Waals surface area (Å²) in [6, 6.07) is 0. The Morgan fingerprint density at radius 2 is 2.08 bits per heavy atom. The standard InChI is InChI=1S/C10H15ClO2/c1-13-10-4-2-7(3-5-10)6-8(10)9(11)12/h7-8H,2-6H2,1H3. The molecular formula is C10H15ClO2. The van der Waals surface area contributed by atoms with Crippen molar-refractivity contribution in [3.8, 4) is 0 Å². The van der Waals surface area contributed by atoms with Crippen LogP contribution in [0.4, 0.5) is 0 Å². The first-order chi connectivity index (χ1) is 6.18. The van der Waals surface area contributed by atoms with E-state index in [-0.39, 0.29) is 16.8 Å². The van der Waals surface area contributed by atoms with Crippen molar-refractivity contribution < 1.29 is 9.53 Å². The summed E-state index contributed by atoms with van der Waals surface area (Å²) in [5.41, 5.74) is -0.215. The first-order valence-electron chi connectivity index (χ1n) is 4.92. The van der Waals surface area contributed by atoms with Crippen LogP contribution in [-0.2, 0) is 9.53 Å². The van der Waals surface area contributed by atoms with E-state index in [1.54, 1.807) is 7.11 Å². The van der Waals surface area contributed by atoms with Crippen LogP contribution >= 0.6 is 11.6 Å². The third-order valence-corrected chi connectivity index (χ3v) is 4.10. The van der Waals surface area contributed by atoms with Gasteiger partial charge in [0.15, 0.2) is 0 Å². The van der Waals surface area contributed by atoms with Gasteiger partial charge in [-0.1, -0.05) is 0 Å². The second-order valence-corrected chi connectivity index (χ2v) is 4.68. The van der Waals surface area contributed by atoms with E-state index in [0.29, 0.717) is 5.92 Å². The predicted octanol–water partition coefficient (Wildman–Crippen LogP) is 2.35. The molecular weight excluding hydrogens is 188 g/mol. The van der Waals surface area contributed by atoms with Crippen molar-refractivity contribution >= 4 is 16.8 Å². The van der Waals surface area contributed by atoms with Crippen molar-refractivity contribution in [1.82, 2.24) is 0 Å². The number of fused-ring (bicyclic) bond motifs is 3. The first-order valence-corrected chi connectivity index (χ1v) is 5.30. The quantitative estimate of drug-likeness (QED) is 0.643. The lowest BCUT2D eigenvalue weighted by Crippen LogP contribution is -2.51. The normalized spacial score (nSPS) is 43.5. The van der Waals surface area contributed by atoms with Gasteiger partial charge >= 0.3 is 0 Å². The molecule has 74 valence electrons. The van der Waals surface area contributed by atoms with Gasteiger partial charge < -0.3 is 4.74 Å². The number of ether oxygens (including phenoxy) is 1. The predicted molar refractivity (Wildman–Crippen MR) is 50.7 cm³/mol. The topological polar surface area (TPSA) is 26.3 Å². The largest absolute Gasteiger partial charge is 0.377 e. The van der Waals surface area contributed by atoms with Gasteiger partial charge in [-0.25, -0.2) is 0 Å². The summed E-state index contributed by atoms with van der Waals surface area (Å²) in [7, 11) is 1.71. The highest BCUT2D eigenvalue weighted by Gasteiger charge is 2.50. The molecule has 3 saturated carbocycles. The van der Waals surface area contributed by atoms with Crippen LogP contribution in [-0.4, -0.2) is 18.0 Å². The number of rotatable bonds is 2. The van der Waals surface area contributed by atoms with Gasteiger partial charge in [0, 0.05) is 7.11 Å². The molecule has 0 aromatic heterocycles. The summed E-state index contributed by atoms with van der Waals surface area (Å²) in [6.07, 6.45) is 5.37. The maximum absolute atomic E-state index is 11.2. The summed E-state index contributed by atoms with van der Waals surface area (Å²) in [5, 5.41) is -0.203. The van der Waals surface area contributed by atoms with E-state index >= 15 is 0 Å². The minimum absolute atomic E-state index is 0.0494. The molecule has 2 bridgehead atoms. The van der Waals surface area contributed by atoms with Crippen molar-refractivity contribution in [3.63, 3.8) is 0 Å². The molecule has 3 heteroatoms. The summed E-state index contributed by atoms with van der Waals surface area (Å²) < 4.78 is 5.53. The maximum Gasteiger partial charge on any atom is 0.227 e. The number of methoxy groups -OCH3 is 1. The Hall–Kier alpha value is -0.0800. The Kier molecular flexibility index (Phi) is 2.37. The fourth-order valence-corrected chi connectivity index (χ4v) is 3.23. The average Bonchev–Trinajstić information content (AvgIpc) is 2.19. The number of carbonyl (C=O) groups is 1. The zero-order valence-electron chi connectivity index (χ0n) is 7.88. The summed E-state index contributed by atoms with van der Waals surface area (Å²) >= 11 is 5.60. The van der Waals surface area contributed by atoms with E-state index in [9.17, 15) is 4.79 Å². The zero-order chi connectivity index (χ0) is 9.47. The Bertz CT molecular complexity index is 219. The third kappa shape index (κ3) is 1.40. The monoisotopic (exact) mass is 202 g/mol. The fraction of sp³-hybridized carbons (Fsp3) is 0.900. The molecule has 13 heavy (non-hydrogen) atoms. The summed E-state index contributed by atoms with van der Waals surface area (Å²) in [6.45, 7) is 0. The fourth-order valence-electron chi connectivity index (χ4n) is 2.94. The lowest BCUT2D eigenvalue weighted by atomic mass is 9.62. The van der Waals surface area contributed by atoms with Gasteiger partial charge in [0.05, 0.1) is 11.5 Å². The van der Waals surface area contributed by atoms with Crippen molar-refractivity contribution in [2.24, 2.45) is 11.8 Å². The van der Waals surface area contributed by atoms with Gasteiger partial charge in [0.25, 0.3) is 0 Å². The van der Waals surface area contributed by atoms with E-state index < -0.39 is 0 Å². The van der Waals surface area contributed by atoms with Gasteiger partial charge in [0.1, 0.15) is 0 Å². The van der Waals surface area contributed by atoms with Crippen LogP contribution in [0.2, 0.25) is 0 Å². The first kappa shape index (κ1) is 9.47. The maximum atomic E-state index is 11.2. The molecule has 3 fully saturated rings. The van der Waals surface area contributed by atoms with Crippen LogP contribution in [0, 0.1) is 11.8 Å². The lowest BCUT2D eigenvalue weighted by molar-refractivity contribution is -0.149. The van der Waals surface area contributed by atoms with Crippen molar-refractivity contribution in [2.75, 3.05) is 7.11 Å². The van der Waals surface area contributed by atoms with Crippen molar-refractivity contribution in [2.45, 2.75) is 37.7 Å². The molecule has 3 rings (SSSR count). The van der Waals surface area contributed by atoms with Gasteiger partial charge in [-0.05, 0) is 49.6 Å². The lowest BCUT2D eigenvalue weighted by Gasteiger charge is -2.49. The molecule has 0 N–H and O–H groups in total. The SMILES string of the molecule is COC12CCC(CC1)CC2C(=O)Cl. The van der Waals surface area contributed by atoms with Crippen LogP contribution in [0.1, 0.15) is 32.1 Å². The Balaban J connectivity index is 2.23. The molecule has 2 nitrogen and oxygen atoms in total. The molecule has 0 amide bonds. The minimum Gasteiger partial charge on any atom is -0.377 e. The highest BCUT2D eigenvalue weighted by Crippen LogP contribution is 2.50. The Morgan fingerprint density at radius 1 is 1.46 bits per heavy atom. The highest BCUT2D eigenvalue weighted by atomic mass is 35.5. The van der Waals surface area contributed by atoms with E-state index in [1.165, 1.54) is 12.8 Å². The molecule has 1 unspecified atom stereocenters. The molecule has 0 spiro atoms. The summed E-state index contributed by atoms with van der Waals surface area (Å²) in [4.78, 5) is 11.2. The second kappa shape index (κ2) is 3.25. The molecule has 3 aliphatic carbocycles. The van der Waals surface area contributed by atoms with E-state index in [1.807, 2.05) is 0 Å². The van der Waals surface area contributed by atoms with Crippen LogP contribution in [0.5, 0.6) is 0 Å². The highest BCUT2D eigenvalue weighted by molar-refractivity contribution is 6.64. The number of halogens is 1. The van der Waals surface area contributed by atoms with Gasteiger partial charge in [-0.3, -0.25) is 4.79 Å². The Labute approximate surface area is 83.6 Å². The molecule has 0 aliphatic heterocycles. The average molecular weight is 203 g/mol. The summed E-state index contributed by atoms with van der Waals surface area (Å²) in [5.74, 6) is 0.663. The van der Waals surface area contributed by atoms with Gasteiger partial charge in [-0.15, -0.1) is 0 Å². The van der Waals surface area contributed by atoms with E-state index in [0.717, 1.165) is 19.3 Å². The molecule has 1 atom stereocenters. The number of hydrogen-bond acceptors (Lipinski definition) is 2. The molecule has 0 aromatic carbocycles. The number of hydrogen-bond donors (Lipinski definition) is 0. The minimum atomic E-state index is -0.215. The second-order valence-electron chi connectivity index (χ2n) is 4.30.